The molecule has 4 nitrogen and oxygen atoms in total. The summed E-state index contributed by atoms with van der Waals surface area (Å²) in [5, 5.41) is 3.10. The van der Waals surface area contributed by atoms with Gasteiger partial charge in [-0.3, -0.25) is 4.79 Å². The van der Waals surface area contributed by atoms with E-state index in [9.17, 15) is 4.79 Å². The highest BCUT2D eigenvalue weighted by Crippen LogP contribution is 2.25. The van der Waals surface area contributed by atoms with Crippen molar-refractivity contribution in [3.05, 3.63) is 28.8 Å². The number of likely N-dealkylation sites (N-methyl/N-ethyl adjacent to an activating group) is 1. The third kappa shape index (κ3) is 3.72. The Morgan fingerprint density at radius 3 is 2.88 bits per heavy atom. The lowest BCUT2D eigenvalue weighted by molar-refractivity contribution is -0.122. The zero-order chi connectivity index (χ0) is 12.0. The largest absolute Gasteiger partial charge is 0.482 e. The molecule has 3 N–H and O–H groups in total. The fraction of sp³-hybridized carbons (Fsp3) is 0.364. The molecule has 16 heavy (non-hydrogen) atoms. The molecule has 0 spiro atoms. The molecule has 1 aromatic rings. The second kappa shape index (κ2) is 6.35. The van der Waals surface area contributed by atoms with E-state index in [0.717, 1.165) is 5.56 Å². The summed E-state index contributed by atoms with van der Waals surface area (Å²) < 4.78 is 5.27. The van der Waals surface area contributed by atoms with E-state index in [4.69, 9.17) is 22.1 Å². The van der Waals surface area contributed by atoms with Gasteiger partial charge in [-0.1, -0.05) is 17.7 Å². The molecular formula is C11H15ClN2O2. The number of nitrogens with one attached hydrogen (secondary N) is 1. The SMILES string of the molecule is CCNC(=O)COc1ccc(CN)cc1Cl. The van der Waals surface area contributed by atoms with Crippen LogP contribution in [0.15, 0.2) is 18.2 Å². The molecule has 1 amide bonds. The van der Waals surface area contributed by atoms with Gasteiger partial charge in [-0.15, -0.1) is 0 Å². The average Bonchev–Trinajstić information content (AvgIpc) is 2.27. The number of nitrogens with two attached hydrogens (primary N) is 1. The van der Waals surface area contributed by atoms with Gasteiger partial charge in [0.1, 0.15) is 5.75 Å². The fourth-order valence-electron chi connectivity index (χ4n) is 1.18. The van der Waals surface area contributed by atoms with Gasteiger partial charge in [-0.2, -0.15) is 0 Å². The topological polar surface area (TPSA) is 64.3 Å². The minimum absolute atomic E-state index is 0.0322. The Balaban J connectivity index is 2.57. The van der Waals surface area contributed by atoms with Crippen molar-refractivity contribution >= 4 is 17.5 Å². The summed E-state index contributed by atoms with van der Waals surface area (Å²) in [6, 6.07) is 5.26. The van der Waals surface area contributed by atoms with E-state index in [1.165, 1.54) is 0 Å². The quantitative estimate of drug-likeness (QED) is 0.819. The van der Waals surface area contributed by atoms with Gasteiger partial charge < -0.3 is 15.8 Å². The Kier molecular flexibility index (Phi) is 5.08. The van der Waals surface area contributed by atoms with Gasteiger partial charge in [0.05, 0.1) is 5.02 Å². The van der Waals surface area contributed by atoms with Crippen LogP contribution in [-0.4, -0.2) is 19.1 Å². The molecule has 0 heterocycles. The first-order valence-corrected chi connectivity index (χ1v) is 5.43. The third-order valence-electron chi connectivity index (χ3n) is 1.96. The highest BCUT2D eigenvalue weighted by Gasteiger charge is 2.05. The van der Waals surface area contributed by atoms with E-state index >= 15 is 0 Å². The first-order chi connectivity index (χ1) is 7.67. The van der Waals surface area contributed by atoms with Crippen molar-refractivity contribution in [1.29, 1.82) is 0 Å². The van der Waals surface area contributed by atoms with Crippen LogP contribution < -0.4 is 15.8 Å². The molecule has 0 saturated carbocycles. The minimum Gasteiger partial charge on any atom is -0.482 e. The smallest absolute Gasteiger partial charge is 0.257 e. The number of ether oxygens (including phenoxy) is 1. The second-order valence-corrected chi connectivity index (χ2v) is 3.62. The van der Waals surface area contributed by atoms with E-state index in [2.05, 4.69) is 5.32 Å². The van der Waals surface area contributed by atoms with Crippen molar-refractivity contribution in [2.24, 2.45) is 5.73 Å². The highest BCUT2D eigenvalue weighted by molar-refractivity contribution is 6.32. The molecule has 0 saturated heterocycles. The molecule has 1 rings (SSSR count). The van der Waals surface area contributed by atoms with Crippen LogP contribution in [0.5, 0.6) is 5.75 Å². The van der Waals surface area contributed by atoms with E-state index in [1.807, 2.05) is 13.0 Å². The molecule has 0 radical (unpaired) electrons. The van der Waals surface area contributed by atoms with Crippen LogP contribution in [0.4, 0.5) is 0 Å². The number of benzene rings is 1. The first kappa shape index (κ1) is 12.8. The summed E-state index contributed by atoms with van der Waals surface area (Å²) in [5.74, 6) is 0.326. The standard InChI is InChI=1S/C11H15ClN2O2/c1-2-14-11(15)7-16-10-4-3-8(6-13)5-9(10)12/h3-5H,2,6-7,13H2,1H3,(H,14,15). The molecule has 0 unspecified atom stereocenters. The lowest BCUT2D eigenvalue weighted by Crippen LogP contribution is -2.28. The lowest BCUT2D eigenvalue weighted by Gasteiger charge is -2.08. The van der Waals surface area contributed by atoms with Crippen molar-refractivity contribution in [3.63, 3.8) is 0 Å². The Bertz CT molecular complexity index is 369. The molecule has 0 fully saturated rings. The maximum atomic E-state index is 11.2. The van der Waals surface area contributed by atoms with Crippen LogP contribution >= 0.6 is 11.6 Å². The number of carbonyl (C=O) groups excluding carboxylic acids is 1. The van der Waals surface area contributed by atoms with Gasteiger partial charge in [-0.05, 0) is 24.6 Å². The molecular weight excluding hydrogens is 228 g/mol. The maximum absolute atomic E-state index is 11.2. The highest BCUT2D eigenvalue weighted by atomic mass is 35.5. The van der Waals surface area contributed by atoms with Crippen LogP contribution in [0.25, 0.3) is 0 Å². The summed E-state index contributed by atoms with van der Waals surface area (Å²) >= 11 is 5.96. The predicted octanol–water partition coefficient (Wildman–Crippen LogP) is 1.31. The number of amides is 1. The molecule has 0 bridgehead atoms. The molecule has 0 atom stereocenters. The molecule has 0 aliphatic rings. The Morgan fingerprint density at radius 2 is 2.31 bits per heavy atom. The van der Waals surface area contributed by atoms with Crippen LogP contribution in [0, 0.1) is 0 Å². The summed E-state index contributed by atoms with van der Waals surface area (Å²) in [5.41, 5.74) is 6.39. The second-order valence-electron chi connectivity index (χ2n) is 3.21. The normalized spacial score (nSPS) is 9.94. The molecule has 0 aliphatic heterocycles. The molecule has 1 aromatic carbocycles. The number of rotatable bonds is 5. The summed E-state index contributed by atoms with van der Waals surface area (Å²) in [6.45, 7) is 2.83. The van der Waals surface area contributed by atoms with Crippen LogP contribution in [0.1, 0.15) is 12.5 Å². The predicted molar refractivity (Wildman–Crippen MR) is 63.5 cm³/mol. The Morgan fingerprint density at radius 1 is 1.56 bits per heavy atom. The molecule has 88 valence electrons. The number of halogens is 1. The monoisotopic (exact) mass is 242 g/mol. The van der Waals surface area contributed by atoms with Crippen molar-refractivity contribution in [2.45, 2.75) is 13.5 Å². The van der Waals surface area contributed by atoms with Gasteiger partial charge in [0.25, 0.3) is 5.91 Å². The van der Waals surface area contributed by atoms with Crippen LogP contribution in [-0.2, 0) is 11.3 Å². The fourth-order valence-corrected chi connectivity index (χ4v) is 1.44. The Labute approximate surface area is 99.7 Å². The Hall–Kier alpha value is -1.26. The van der Waals surface area contributed by atoms with Gasteiger partial charge in [0.2, 0.25) is 0 Å². The summed E-state index contributed by atoms with van der Waals surface area (Å²) in [6.07, 6.45) is 0. The van der Waals surface area contributed by atoms with Crippen molar-refractivity contribution in [3.8, 4) is 5.75 Å². The van der Waals surface area contributed by atoms with Gasteiger partial charge in [-0.25, -0.2) is 0 Å². The number of hydrogen-bond acceptors (Lipinski definition) is 3. The molecule has 5 heteroatoms. The molecule has 0 aliphatic carbocycles. The maximum Gasteiger partial charge on any atom is 0.257 e. The van der Waals surface area contributed by atoms with Crippen molar-refractivity contribution in [2.75, 3.05) is 13.2 Å². The average molecular weight is 243 g/mol. The van der Waals surface area contributed by atoms with E-state index < -0.39 is 0 Å². The van der Waals surface area contributed by atoms with E-state index in [0.29, 0.717) is 23.9 Å². The molecule has 0 aromatic heterocycles. The number of hydrogen-bond donors (Lipinski definition) is 2. The summed E-state index contributed by atoms with van der Waals surface area (Å²) in [7, 11) is 0. The van der Waals surface area contributed by atoms with Gasteiger partial charge >= 0.3 is 0 Å². The van der Waals surface area contributed by atoms with E-state index in [-0.39, 0.29) is 12.5 Å². The van der Waals surface area contributed by atoms with Crippen molar-refractivity contribution in [1.82, 2.24) is 5.32 Å². The first-order valence-electron chi connectivity index (χ1n) is 5.05. The zero-order valence-corrected chi connectivity index (χ0v) is 9.88. The van der Waals surface area contributed by atoms with Crippen LogP contribution in [0.3, 0.4) is 0 Å². The minimum atomic E-state index is -0.165. The summed E-state index contributed by atoms with van der Waals surface area (Å²) in [4.78, 5) is 11.2. The zero-order valence-electron chi connectivity index (χ0n) is 9.13. The lowest BCUT2D eigenvalue weighted by atomic mass is 10.2. The third-order valence-corrected chi connectivity index (χ3v) is 2.26. The van der Waals surface area contributed by atoms with Gasteiger partial charge in [0.15, 0.2) is 6.61 Å². The number of carbonyl (C=O) groups is 1. The van der Waals surface area contributed by atoms with Crippen LogP contribution in [0.2, 0.25) is 5.02 Å². The van der Waals surface area contributed by atoms with Gasteiger partial charge in [0, 0.05) is 13.1 Å². The van der Waals surface area contributed by atoms with E-state index in [1.54, 1.807) is 12.1 Å². The van der Waals surface area contributed by atoms with Crippen molar-refractivity contribution < 1.29 is 9.53 Å².